The van der Waals surface area contributed by atoms with Crippen molar-refractivity contribution in [2.45, 2.75) is 58.0 Å². The summed E-state index contributed by atoms with van der Waals surface area (Å²) in [6.07, 6.45) is 1.46. The van der Waals surface area contributed by atoms with E-state index in [9.17, 15) is 19.5 Å². The third-order valence-electron chi connectivity index (χ3n) is 7.30. The first-order valence-corrected chi connectivity index (χ1v) is 12.4. The van der Waals surface area contributed by atoms with Crippen LogP contribution in [0.15, 0.2) is 48.5 Å². The molecule has 1 fully saturated rings. The molecule has 2 aliphatic rings. The van der Waals surface area contributed by atoms with Crippen molar-refractivity contribution >= 4 is 18.0 Å². The highest BCUT2D eigenvalue weighted by Crippen LogP contribution is 2.44. The van der Waals surface area contributed by atoms with Crippen LogP contribution >= 0.6 is 0 Å². The van der Waals surface area contributed by atoms with Gasteiger partial charge in [0.05, 0.1) is 5.92 Å². The van der Waals surface area contributed by atoms with Crippen LogP contribution in [-0.2, 0) is 14.3 Å². The molecule has 186 valence electrons. The first-order chi connectivity index (χ1) is 16.8. The van der Waals surface area contributed by atoms with Gasteiger partial charge in [0.1, 0.15) is 12.6 Å². The van der Waals surface area contributed by atoms with E-state index in [1.165, 1.54) is 4.90 Å². The standard InChI is InChI=1S/C28H34N2O5/c1-17(2)25(26(31)30-15-9-8-14-24(30)27(32)33)18(3)29-28(34)35-16-23-21-12-6-4-10-19(21)20-11-5-7-13-22(20)23/h4-7,10-13,17-18,23-25H,8-9,14-16H2,1-3H3,(H,29,34)(H,32,33). The number of nitrogens with one attached hydrogen (secondary N) is 1. The van der Waals surface area contributed by atoms with Crippen molar-refractivity contribution in [2.75, 3.05) is 13.2 Å². The topological polar surface area (TPSA) is 95.9 Å². The van der Waals surface area contributed by atoms with E-state index >= 15 is 0 Å². The maximum atomic E-state index is 13.4. The lowest BCUT2D eigenvalue weighted by atomic mass is 9.86. The first kappa shape index (κ1) is 24.8. The number of carbonyl (C=O) groups excluding carboxylic acids is 2. The van der Waals surface area contributed by atoms with E-state index in [2.05, 4.69) is 29.6 Å². The van der Waals surface area contributed by atoms with Crippen LogP contribution < -0.4 is 5.32 Å². The quantitative estimate of drug-likeness (QED) is 0.604. The molecule has 2 aromatic rings. The summed E-state index contributed by atoms with van der Waals surface area (Å²) < 4.78 is 5.66. The minimum absolute atomic E-state index is 0.0457. The average molecular weight is 479 g/mol. The van der Waals surface area contributed by atoms with E-state index < -0.39 is 30.1 Å². The third-order valence-corrected chi connectivity index (χ3v) is 7.30. The molecule has 4 rings (SSSR count). The molecule has 0 aromatic heterocycles. The zero-order valence-corrected chi connectivity index (χ0v) is 20.6. The number of hydrogen-bond donors (Lipinski definition) is 2. The van der Waals surface area contributed by atoms with Gasteiger partial charge in [0.15, 0.2) is 0 Å². The Morgan fingerprint density at radius 1 is 1.00 bits per heavy atom. The van der Waals surface area contributed by atoms with E-state index in [-0.39, 0.29) is 24.3 Å². The molecule has 1 aliphatic heterocycles. The van der Waals surface area contributed by atoms with Crippen LogP contribution in [0.5, 0.6) is 0 Å². The van der Waals surface area contributed by atoms with Gasteiger partial charge in [-0.1, -0.05) is 62.4 Å². The molecule has 0 saturated carbocycles. The molecule has 0 spiro atoms. The van der Waals surface area contributed by atoms with Crippen LogP contribution in [0.25, 0.3) is 11.1 Å². The zero-order valence-electron chi connectivity index (χ0n) is 20.6. The van der Waals surface area contributed by atoms with Crippen molar-refractivity contribution in [1.82, 2.24) is 10.2 Å². The number of likely N-dealkylation sites (tertiary alicyclic amines) is 1. The Morgan fingerprint density at radius 3 is 2.17 bits per heavy atom. The monoisotopic (exact) mass is 478 g/mol. The molecule has 2 amide bonds. The second-order valence-corrected chi connectivity index (χ2v) is 9.91. The summed E-state index contributed by atoms with van der Waals surface area (Å²) in [5.74, 6) is -1.87. The second kappa shape index (κ2) is 10.5. The summed E-state index contributed by atoms with van der Waals surface area (Å²) in [5, 5.41) is 12.4. The third kappa shape index (κ3) is 5.04. The molecule has 1 heterocycles. The number of carbonyl (C=O) groups is 3. The molecule has 7 heteroatoms. The molecule has 2 N–H and O–H groups in total. The lowest BCUT2D eigenvalue weighted by Gasteiger charge is -2.38. The van der Waals surface area contributed by atoms with Gasteiger partial charge in [0.25, 0.3) is 0 Å². The first-order valence-electron chi connectivity index (χ1n) is 12.4. The molecule has 3 atom stereocenters. The molecular weight excluding hydrogens is 444 g/mol. The SMILES string of the molecule is CC(C)C(C(=O)N1CCCCC1C(=O)O)C(C)NC(=O)OCC1c2ccccc2-c2ccccc21. The highest BCUT2D eigenvalue weighted by Gasteiger charge is 2.39. The lowest BCUT2D eigenvalue weighted by molar-refractivity contribution is -0.155. The minimum Gasteiger partial charge on any atom is -0.480 e. The number of benzene rings is 2. The number of carboxylic acids is 1. The predicted octanol–water partition coefficient (Wildman–Crippen LogP) is 4.65. The lowest BCUT2D eigenvalue weighted by Crippen LogP contribution is -2.55. The largest absolute Gasteiger partial charge is 0.480 e. The van der Waals surface area contributed by atoms with Gasteiger partial charge < -0.3 is 20.1 Å². The van der Waals surface area contributed by atoms with Crippen molar-refractivity contribution in [3.05, 3.63) is 59.7 Å². The fourth-order valence-corrected chi connectivity index (χ4v) is 5.64. The molecule has 1 saturated heterocycles. The normalized spacial score (nSPS) is 19.0. The van der Waals surface area contributed by atoms with E-state index in [1.54, 1.807) is 6.92 Å². The number of ether oxygens (including phenoxy) is 1. The number of nitrogens with zero attached hydrogens (tertiary/aromatic N) is 1. The summed E-state index contributed by atoms with van der Waals surface area (Å²) in [5.41, 5.74) is 4.58. The number of carboxylic acid groups (broad SMARTS) is 1. The van der Waals surface area contributed by atoms with Crippen LogP contribution in [0.4, 0.5) is 4.79 Å². The van der Waals surface area contributed by atoms with Gasteiger partial charge in [-0.15, -0.1) is 0 Å². The maximum Gasteiger partial charge on any atom is 0.407 e. The number of alkyl carbamates (subject to hydrolysis) is 1. The predicted molar refractivity (Wildman–Crippen MR) is 133 cm³/mol. The number of hydrogen-bond acceptors (Lipinski definition) is 4. The van der Waals surface area contributed by atoms with E-state index in [4.69, 9.17) is 4.74 Å². The zero-order chi connectivity index (χ0) is 25.1. The Labute approximate surface area is 206 Å². The molecule has 35 heavy (non-hydrogen) atoms. The number of piperidine rings is 1. The number of aliphatic carboxylic acids is 1. The van der Waals surface area contributed by atoms with Gasteiger partial charge >= 0.3 is 12.1 Å². The van der Waals surface area contributed by atoms with Gasteiger partial charge in [0.2, 0.25) is 5.91 Å². The van der Waals surface area contributed by atoms with Crippen molar-refractivity contribution in [1.29, 1.82) is 0 Å². The number of amides is 2. The fourth-order valence-electron chi connectivity index (χ4n) is 5.64. The second-order valence-electron chi connectivity index (χ2n) is 9.91. The molecule has 0 bridgehead atoms. The van der Waals surface area contributed by atoms with Gasteiger partial charge in [-0.25, -0.2) is 9.59 Å². The Bertz CT molecular complexity index is 1050. The van der Waals surface area contributed by atoms with Gasteiger partial charge in [-0.3, -0.25) is 4.79 Å². The fraction of sp³-hybridized carbons (Fsp3) is 0.464. The Kier molecular flexibility index (Phi) is 7.43. The number of fused-ring (bicyclic) bond motifs is 3. The van der Waals surface area contributed by atoms with Gasteiger partial charge in [-0.2, -0.15) is 0 Å². The molecule has 1 aliphatic carbocycles. The number of rotatable bonds is 7. The van der Waals surface area contributed by atoms with Crippen molar-refractivity contribution in [3.8, 4) is 11.1 Å². The molecule has 3 unspecified atom stereocenters. The Balaban J connectivity index is 1.42. The summed E-state index contributed by atoms with van der Waals surface area (Å²) in [4.78, 5) is 39.4. The Morgan fingerprint density at radius 2 is 1.60 bits per heavy atom. The van der Waals surface area contributed by atoms with Crippen molar-refractivity contribution < 1.29 is 24.2 Å². The van der Waals surface area contributed by atoms with Crippen LogP contribution in [0.1, 0.15) is 57.1 Å². The minimum atomic E-state index is -0.974. The van der Waals surface area contributed by atoms with Crippen LogP contribution in [0.2, 0.25) is 0 Å². The van der Waals surface area contributed by atoms with Gasteiger partial charge in [-0.05, 0) is 54.4 Å². The summed E-state index contributed by atoms with van der Waals surface area (Å²) in [7, 11) is 0. The average Bonchev–Trinajstić information content (AvgIpc) is 3.16. The summed E-state index contributed by atoms with van der Waals surface area (Å²) in [6, 6.07) is 15.0. The molecule has 2 aromatic carbocycles. The van der Waals surface area contributed by atoms with Crippen LogP contribution in [-0.4, -0.2) is 53.2 Å². The Hall–Kier alpha value is -3.35. The summed E-state index contributed by atoms with van der Waals surface area (Å²) >= 11 is 0. The van der Waals surface area contributed by atoms with Gasteiger partial charge in [0, 0.05) is 18.5 Å². The van der Waals surface area contributed by atoms with E-state index in [0.29, 0.717) is 13.0 Å². The maximum absolute atomic E-state index is 13.4. The van der Waals surface area contributed by atoms with E-state index in [1.807, 2.05) is 38.1 Å². The van der Waals surface area contributed by atoms with Crippen LogP contribution in [0, 0.1) is 11.8 Å². The smallest absolute Gasteiger partial charge is 0.407 e. The van der Waals surface area contributed by atoms with Crippen molar-refractivity contribution in [3.63, 3.8) is 0 Å². The molecule has 0 radical (unpaired) electrons. The van der Waals surface area contributed by atoms with Crippen molar-refractivity contribution in [2.24, 2.45) is 11.8 Å². The summed E-state index contributed by atoms with van der Waals surface area (Å²) in [6.45, 7) is 6.23. The van der Waals surface area contributed by atoms with E-state index in [0.717, 1.165) is 35.1 Å². The van der Waals surface area contributed by atoms with Crippen LogP contribution in [0.3, 0.4) is 0 Å². The molecule has 7 nitrogen and oxygen atoms in total. The highest BCUT2D eigenvalue weighted by molar-refractivity contribution is 5.86. The highest BCUT2D eigenvalue weighted by atomic mass is 16.5. The molecular formula is C28H34N2O5.